The summed E-state index contributed by atoms with van der Waals surface area (Å²) in [6, 6.07) is 1.44. The number of nitrogens with one attached hydrogen (secondary N) is 1. The van der Waals surface area contributed by atoms with Gasteiger partial charge in [-0.1, -0.05) is 0 Å². The summed E-state index contributed by atoms with van der Waals surface area (Å²) < 4.78 is 0. The lowest BCUT2D eigenvalue weighted by molar-refractivity contribution is -0.385. The summed E-state index contributed by atoms with van der Waals surface area (Å²) in [5.74, 6) is 0. The molecule has 4 nitrogen and oxygen atoms in total. The van der Waals surface area contributed by atoms with Gasteiger partial charge in [0, 0.05) is 12.3 Å². The molecule has 0 aliphatic heterocycles. The average molecular weight is 126 g/mol. The molecule has 48 valence electrons. The lowest BCUT2D eigenvalue weighted by atomic mass is 10.4. The Balaban J connectivity index is 3.08. The maximum absolute atomic E-state index is 10.1. The lowest BCUT2D eigenvalue weighted by Crippen LogP contribution is -1.86. The van der Waals surface area contributed by atoms with Crippen molar-refractivity contribution in [3.8, 4) is 0 Å². The molecule has 0 unspecified atom stereocenters. The molecule has 0 radical (unpaired) electrons. The fraction of sp³-hybridized carbons (Fsp3) is 0.200. The van der Waals surface area contributed by atoms with E-state index in [-0.39, 0.29) is 5.69 Å². The zero-order chi connectivity index (χ0) is 6.85. The first-order valence-electron chi connectivity index (χ1n) is 2.50. The Kier molecular flexibility index (Phi) is 1.22. The van der Waals surface area contributed by atoms with Crippen LogP contribution in [-0.2, 0) is 0 Å². The molecule has 0 aliphatic carbocycles. The lowest BCUT2D eigenvalue weighted by Gasteiger charge is -1.84. The van der Waals surface area contributed by atoms with E-state index in [1.807, 2.05) is 0 Å². The number of aromatic amines is 1. The van der Waals surface area contributed by atoms with Crippen LogP contribution in [0.2, 0.25) is 0 Å². The van der Waals surface area contributed by atoms with Crippen LogP contribution in [0.1, 0.15) is 5.69 Å². The topological polar surface area (TPSA) is 58.9 Å². The van der Waals surface area contributed by atoms with Crippen LogP contribution in [-0.4, -0.2) is 9.91 Å². The van der Waals surface area contributed by atoms with E-state index in [1.54, 1.807) is 13.1 Å². The Morgan fingerprint density at radius 2 is 2.44 bits per heavy atom. The highest BCUT2D eigenvalue weighted by Crippen LogP contribution is 2.13. The number of rotatable bonds is 1. The van der Waals surface area contributed by atoms with Gasteiger partial charge in [-0.25, -0.2) is 0 Å². The van der Waals surface area contributed by atoms with Crippen LogP contribution in [0.3, 0.4) is 0 Å². The van der Waals surface area contributed by atoms with Crippen molar-refractivity contribution in [1.82, 2.24) is 4.98 Å². The molecule has 0 saturated heterocycles. The van der Waals surface area contributed by atoms with Gasteiger partial charge in [0.05, 0.1) is 10.6 Å². The van der Waals surface area contributed by atoms with Crippen molar-refractivity contribution >= 4 is 5.69 Å². The van der Waals surface area contributed by atoms with Crippen LogP contribution < -0.4 is 0 Å². The third-order valence-corrected chi connectivity index (χ3v) is 1.12. The molecule has 0 spiro atoms. The maximum Gasteiger partial charge on any atom is 0.289 e. The van der Waals surface area contributed by atoms with Crippen LogP contribution in [0.4, 0.5) is 5.69 Å². The van der Waals surface area contributed by atoms with E-state index < -0.39 is 4.92 Å². The van der Waals surface area contributed by atoms with Gasteiger partial charge in [-0.15, -0.1) is 0 Å². The molecule has 1 aromatic heterocycles. The van der Waals surface area contributed by atoms with Gasteiger partial charge < -0.3 is 4.98 Å². The molecule has 0 bridgehead atoms. The van der Waals surface area contributed by atoms with E-state index in [0.29, 0.717) is 5.69 Å². The normalized spacial score (nSPS) is 9.44. The van der Waals surface area contributed by atoms with Crippen LogP contribution in [0.5, 0.6) is 0 Å². The van der Waals surface area contributed by atoms with Crippen molar-refractivity contribution in [2.45, 2.75) is 6.92 Å². The van der Waals surface area contributed by atoms with Crippen LogP contribution in [0, 0.1) is 17.0 Å². The highest BCUT2D eigenvalue weighted by Gasteiger charge is 2.08. The molecule has 1 N–H and O–H groups in total. The first-order chi connectivity index (χ1) is 4.22. The predicted molar refractivity (Wildman–Crippen MR) is 32.2 cm³/mol. The summed E-state index contributed by atoms with van der Waals surface area (Å²) >= 11 is 0. The van der Waals surface area contributed by atoms with Crippen LogP contribution >= 0.6 is 0 Å². The molecule has 1 aromatic rings. The SMILES string of the molecule is Cc1[nH]ccc1[N+](=O)[O-]. The van der Waals surface area contributed by atoms with E-state index in [0.717, 1.165) is 0 Å². The monoisotopic (exact) mass is 126 g/mol. The van der Waals surface area contributed by atoms with Crippen molar-refractivity contribution in [3.05, 3.63) is 28.1 Å². The zero-order valence-electron chi connectivity index (χ0n) is 4.92. The summed E-state index contributed by atoms with van der Waals surface area (Å²) in [5.41, 5.74) is 0.745. The minimum atomic E-state index is -0.411. The molecule has 9 heavy (non-hydrogen) atoms. The van der Waals surface area contributed by atoms with Crippen molar-refractivity contribution in [2.24, 2.45) is 0 Å². The quantitative estimate of drug-likeness (QED) is 0.454. The predicted octanol–water partition coefficient (Wildman–Crippen LogP) is 1.23. The third-order valence-electron chi connectivity index (χ3n) is 1.12. The van der Waals surface area contributed by atoms with E-state index in [1.165, 1.54) is 6.07 Å². The van der Waals surface area contributed by atoms with Crippen LogP contribution in [0.25, 0.3) is 0 Å². The van der Waals surface area contributed by atoms with Crippen molar-refractivity contribution in [1.29, 1.82) is 0 Å². The molecule has 0 saturated carbocycles. The first kappa shape index (κ1) is 5.81. The smallest absolute Gasteiger partial charge is 0.289 e. The molecule has 1 rings (SSSR count). The highest BCUT2D eigenvalue weighted by atomic mass is 16.6. The number of aromatic nitrogens is 1. The second-order valence-electron chi connectivity index (χ2n) is 1.75. The molecular weight excluding hydrogens is 120 g/mol. The van der Waals surface area contributed by atoms with Gasteiger partial charge in [-0.2, -0.15) is 0 Å². The van der Waals surface area contributed by atoms with Gasteiger partial charge >= 0.3 is 0 Å². The molecule has 0 aromatic carbocycles. The first-order valence-corrected chi connectivity index (χ1v) is 2.50. The molecule has 0 aliphatic rings. The second kappa shape index (κ2) is 1.89. The van der Waals surface area contributed by atoms with Crippen LogP contribution in [0.15, 0.2) is 12.3 Å². The van der Waals surface area contributed by atoms with Gasteiger partial charge in [0.2, 0.25) is 0 Å². The van der Waals surface area contributed by atoms with Crippen molar-refractivity contribution < 1.29 is 4.92 Å². The summed E-state index contributed by atoms with van der Waals surface area (Å²) in [5, 5.41) is 10.1. The Hall–Kier alpha value is -1.32. The fourth-order valence-corrected chi connectivity index (χ4v) is 0.642. The standard InChI is InChI=1S/C5H6N2O2/c1-4-5(7(8)9)2-3-6-4/h2-3,6H,1H3. The number of nitrogens with zero attached hydrogens (tertiary/aromatic N) is 1. The van der Waals surface area contributed by atoms with E-state index in [2.05, 4.69) is 4.98 Å². The molecule has 1 heterocycles. The van der Waals surface area contributed by atoms with Crippen molar-refractivity contribution in [3.63, 3.8) is 0 Å². The highest BCUT2D eigenvalue weighted by molar-refractivity contribution is 5.33. The minimum Gasteiger partial charge on any atom is -0.359 e. The number of aryl methyl sites for hydroxylation is 1. The summed E-state index contributed by atoms with van der Waals surface area (Å²) in [6.07, 6.45) is 1.55. The Morgan fingerprint density at radius 3 is 2.67 bits per heavy atom. The Morgan fingerprint density at radius 1 is 1.78 bits per heavy atom. The minimum absolute atomic E-state index is 0.148. The average Bonchev–Trinajstić information content (AvgIpc) is 2.13. The number of H-pyrrole nitrogens is 1. The Bertz CT molecular complexity index is 229. The van der Waals surface area contributed by atoms with Gasteiger partial charge in [-0.05, 0) is 6.92 Å². The fourth-order valence-electron chi connectivity index (χ4n) is 0.642. The van der Waals surface area contributed by atoms with Gasteiger partial charge in [0.25, 0.3) is 5.69 Å². The maximum atomic E-state index is 10.1. The van der Waals surface area contributed by atoms with E-state index in [4.69, 9.17) is 0 Å². The van der Waals surface area contributed by atoms with E-state index in [9.17, 15) is 10.1 Å². The van der Waals surface area contributed by atoms with E-state index >= 15 is 0 Å². The van der Waals surface area contributed by atoms with Gasteiger partial charge in [-0.3, -0.25) is 10.1 Å². The molecule has 4 heteroatoms. The summed E-state index contributed by atoms with van der Waals surface area (Å²) in [7, 11) is 0. The number of hydrogen-bond acceptors (Lipinski definition) is 2. The van der Waals surface area contributed by atoms with Gasteiger partial charge in [0.1, 0.15) is 0 Å². The summed E-state index contributed by atoms with van der Waals surface area (Å²) in [4.78, 5) is 12.4. The number of hydrogen-bond donors (Lipinski definition) is 1. The van der Waals surface area contributed by atoms with Gasteiger partial charge in [0.15, 0.2) is 0 Å². The molecule has 0 fully saturated rings. The second-order valence-corrected chi connectivity index (χ2v) is 1.75. The third kappa shape index (κ3) is 0.910. The summed E-state index contributed by atoms with van der Waals surface area (Å²) in [6.45, 7) is 1.66. The zero-order valence-corrected chi connectivity index (χ0v) is 4.92. The Labute approximate surface area is 51.7 Å². The van der Waals surface area contributed by atoms with Crippen molar-refractivity contribution in [2.75, 3.05) is 0 Å². The largest absolute Gasteiger partial charge is 0.359 e. The molecule has 0 amide bonds. The number of nitro groups is 1. The molecule has 0 atom stereocenters. The molecular formula is C5H6N2O2.